The summed E-state index contributed by atoms with van der Waals surface area (Å²) >= 11 is 0. The summed E-state index contributed by atoms with van der Waals surface area (Å²) in [4.78, 5) is 47.9. The van der Waals surface area contributed by atoms with Crippen LogP contribution in [0.25, 0.3) is 0 Å². The van der Waals surface area contributed by atoms with Crippen LogP contribution in [0.5, 0.6) is 0 Å². The molecule has 2 aliphatic heterocycles. The molecule has 0 spiro atoms. The van der Waals surface area contributed by atoms with Crippen molar-refractivity contribution in [1.82, 2.24) is 14.7 Å². The minimum absolute atomic E-state index is 0.0443. The number of carbonyl (C=O) groups excluding carboxylic acids is 3. The lowest BCUT2D eigenvalue weighted by Crippen LogP contribution is -2.50. The minimum atomic E-state index is -4.79. The highest BCUT2D eigenvalue weighted by atomic mass is 19.4. The lowest BCUT2D eigenvalue weighted by Gasteiger charge is -2.34. The summed E-state index contributed by atoms with van der Waals surface area (Å²) in [7, 11) is 1.23. The molecule has 0 bridgehead atoms. The number of benzene rings is 2. The predicted octanol–water partition coefficient (Wildman–Crippen LogP) is 3.91. The van der Waals surface area contributed by atoms with E-state index in [2.05, 4.69) is 9.73 Å². The molecular weight excluding hydrogens is 551 g/mol. The van der Waals surface area contributed by atoms with E-state index < -0.39 is 40.7 Å². The number of hydrogen-bond acceptors (Lipinski definition) is 6. The normalized spacial score (nSPS) is 22.4. The van der Waals surface area contributed by atoms with Gasteiger partial charge in [0.05, 0.1) is 24.8 Å². The molecule has 1 saturated heterocycles. The first-order valence-electron chi connectivity index (χ1n) is 13.4. The summed E-state index contributed by atoms with van der Waals surface area (Å²) in [6, 6.07) is 12.3. The van der Waals surface area contributed by atoms with Crippen molar-refractivity contribution in [2.45, 2.75) is 24.7 Å². The van der Waals surface area contributed by atoms with Gasteiger partial charge in [-0.25, -0.2) is 9.79 Å². The third kappa shape index (κ3) is 5.24. The maximum atomic E-state index is 14.1. The van der Waals surface area contributed by atoms with Gasteiger partial charge < -0.3 is 20.3 Å². The molecule has 12 heteroatoms. The third-order valence-electron chi connectivity index (χ3n) is 7.83. The highest BCUT2D eigenvalue weighted by Gasteiger charge is 2.53. The SMILES string of the molecule is COC(=O)N1CCN(C(=O)c2cc(CN3C(=O)C(c4ccccc4)(C4C=CC=CC4)N=C3N)ccc2C(F)(F)F)CC1. The average molecular weight is 582 g/mol. The Labute approximate surface area is 240 Å². The van der Waals surface area contributed by atoms with E-state index in [0.717, 1.165) is 12.1 Å². The van der Waals surface area contributed by atoms with Gasteiger partial charge in [0.25, 0.3) is 11.8 Å². The molecule has 9 nitrogen and oxygen atoms in total. The molecule has 0 radical (unpaired) electrons. The number of piperazine rings is 1. The number of allylic oxidation sites excluding steroid dienone is 3. The molecule has 2 atom stereocenters. The van der Waals surface area contributed by atoms with Crippen LogP contribution in [0.4, 0.5) is 18.0 Å². The first-order valence-corrected chi connectivity index (χ1v) is 13.4. The number of nitrogens with zero attached hydrogens (tertiary/aromatic N) is 4. The summed E-state index contributed by atoms with van der Waals surface area (Å²) < 4.78 is 46.7. The van der Waals surface area contributed by atoms with E-state index in [4.69, 9.17) is 5.73 Å². The van der Waals surface area contributed by atoms with Crippen molar-refractivity contribution in [2.24, 2.45) is 16.6 Å². The summed E-state index contributed by atoms with van der Waals surface area (Å²) in [6.45, 7) is 0.164. The van der Waals surface area contributed by atoms with E-state index in [1.165, 1.54) is 27.9 Å². The van der Waals surface area contributed by atoms with E-state index in [1.807, 2.05) is 30.4 Å². The van der Waals surface area contributed by atoms with Crippen molar-refractivity contribution in [2.75, 3.05) is 33.3 Å². The van der Waals surface area contributed by atoms with Crippen LogP contribution in [0.15, 0.2) is 77.8 Å². The number of hydrogen-bond donors (Lipinski definition) is 1. The van der Waals surface area contributed by atoms with Gasteiger partial charge in [0.1, 0.15) is 0 Å². The van der Waals surface area contributed by atoms with E-state index in [0.29, 0.717) is 12.0 Å². The highest BCUT2D eigenvalue weighted by molar-refractivity contribution is 6.07. The van der Waals surface area contributed by atoms with Crippen molar-refractivity contribution >= 4 is 23.9 Å². The van der Waals surface area contributed by atoms with Gasteiger partial charge in [0, 0.05) is 32.1 Å². The Morgan fingerprint density at radius 3 is 2.36 bits per heavy atom. The van der Waals surface area contributed by atoms with Crippen LogP contribution in [0.1, 0.15) is 33.5 Å². The largest absolute Gasteiger partial charge is 0.453 e. The number of aliphatic imine (C=N–C) groups is 1. The van der Waals surface area contributed by atoms with Gasteiger partial charge in [-0.15, -0.1) is 0 Å². The second-order valence-corrected chi connectivity index (χ2v) is 10.3. The number of methoxy groups -OCH3 is 1. The van der Waals surface area contributed by atoms with Crippen molar-refractivity contribution in [3.05, 3.63) is 95.1 Å². The van der Waals surface area contributed by atoms with Crippen LogP contribution in [0.2, 0.25) is 0 Å². The quantitative estimate of drug-likeness (QED) is 0.576. The van der Waals surface area contributed by atoms with Crippen LogP contribution in [0.3, 0.4) is 0 Å². The Hall–Kier alpha value is -4.61. The molecule has 1 aliphatic carbocycles. The Morgan fingerprint density at radius 2 is 1.74 bits per heavy atom. The lowest BCUT2D eigenvalue weighted by molar-refractivity contribution is -0.138. The number of ether oxygens (including phenoxy) is 1. The molecule has 0 saturated carbocycles. The smallest absolute Gasteiger partial charge is 0.417 e. The number of rotatable bonds is 5. The monoisotopic (exact) mass is 581 g/mol. The number of nitrogens with two attached hydrogens (primary N) is 1. The van der Waals surface area contributed by atoms with Crippen LogP contribution >= 0.6 is 0 Å². The predicted molar refractivity (Wildman–Crippen MR) is 148 cm³/mol. The summed E-state index contributed by atoms with van der Waals surface area (Å²) in [5.41, 5.74) is 4.29. The molecular formula is C30H30F3N5O4. The zero-order valence-corrected chi connectivity index (χ0v) is 22.9. The topological polar surface area (TPSA) is 109 Å². The molecule has 1 fully saturated rings. The molecule has 3 amide bonds. The van der Waals surface area contributed by atoms with Gasteiger partial charge >= 0.3 is 12.3 Å². The van der Waals surface area contributed by atoms with Crippen molar-refractivity contribution in [1.29, 1.82) is 0 Å². The molecule has 220 valence electrons. The molecule has 5 rings (SSSR count). The molecule has 2 heterocycles. The molecule has 2 aromatic carbocycles. The first kappa shape index (κ1) is 28.9. The Morgan fingerprint density at radius 1 is 1.05 bits per heavy atom. The van der Waals surface area contributed by atoms with Crippen LogP contribution < -0.4 is 5.73 Å². The fourth-order valence-corrected chi connectivity index (χ4v) is 5.67. The highest BCUT2D eigenvalue weighted by Crippen LogP contribution is 2.44. The summed E-state index contributed by atoms with van der Waals surface area (Å²) in [5.74, 6) is -1.60. The second-order valence-electron chi connectivity index (χ2n) is 10.3. The van der Waals surface area contributed by atoms with Crippen molar-refractivity contribution < 1.29 is 32.3 Å². The number of carbonyl (C=O) groups is 3. The number of halogens is 3. The molecule has 0 aromatic heterocycles. The van der Waals surface area contributed by atoms with Crippen LogP contribution in [-0.2, 0) is 27.8 Å². The molecule has 2 N–H and O–H groups in total. The Bertz CT molecular complexity index is 1470. The maximum absolute atomic E-state index is 14.1. The van der Waals surface area contributed by atoms with Crippen molar-refractivity contribution in [3.8, 4) is 0 Å². The van der Waals surface area contributed by atoms with E-state index in [1.54, 1.807) is 24.3 Å². The van der Waals surface area contributed by atoms with E-state index in [9.17, 15) is 27.6 Å². The molecule has 2 unspecified atom stereocenters. The standard InChI is InChI=1S/C30H30F3N5O4/c1-42-28(41)37-16-14-36(15-17-37)25(39)23-18-20(12-13-24(23)30(31,32)33)19-38-26(40)29(35-27(38)34,21-8-4-2-5-9-21)22-10-6-3-7-11-22/h2-10,12-13,18,22H,11,14-17,19H2,1H3,(H2,34,35). The van der Waals surface area contributed by atoms with Crippen molar-refractivity contribution in [3.63, 3.8) is 0 Å². The molecule has 3 aliphatic rings. The number of guanidine groups is 1. The fourth-order valence-electron chi connectivity index (χ4n) is 5.67. The van der Waals surface area contributed by atoms with Crippen LogP contribution in [0, 0.1) is 5.92 Å². The maximum Gasteiger partial charge on any atom is 0.417 e. The number of amides is 3. The van der Waals surface area contributed by atoms with Crippen LogP contribution in [-0.4, -0.2) is 71.9 Å². The van der Waals surface area contributed by atoms with Gasteiger partial charge in [-0.05, 0) is 29.7 Å². The van der Waals surface area contributed by atoms with Gasteiger partial charge in [-0.1, -0.05) is 60.7 Å². The van der Waals surface area contributed by atoms with Gasteiger partial charge in [0.2, 0.25) is 0 Å². The lowest BCUT2D eigenvalue weighted by atomic mass is 9.75. The minimum Gasteiger partial charge on any atom is -0.453 e. The molecule has 42 heavy (non-hydrogen) atoms. The summed E-state index contributed by atoms with van der Waals surface area (Å²) in [5, 5.41) is 0. The number of alkyl halides is 3. The van der Waals surface area contributed by atoms with E-state index >= 15 is 0 Å². The molecule has 2 aromatic rings. The zero-order chi connectivity index (χ0) is 30.1. The zero-order valence-electron chi connectivity index (χ0n) is 22.9. The fraction of sp³-hybridized carbons (Fsp3) is 0.333. The Kier molecular flexibility index (Phi) is 7.81. The van der Waals surface area contributed by atoms with Gasteiger partial charge in [-0.2, -0.15) is 13.2 Å². The van der Waals surface area contributed by atoms with E-state index in [-0.39, 0.29) is 50.2 Å². The summed E-state index contributed by atoms with van der Waals surface area (Å²) in [6.07, 6.45) is 2.76. The second kappa shape index (κ2) is 11.3. The van der Waals surface area contributed by atoms with Gasteiger partial charge in [0.15, 0.2) is 11.5 Å². The third-order valence-corrected chi connectivity index (χ3v) is 7.83. The first-order chi connectivity index (χ1) is 20.1. The Balaban J connectivity index is 1.44. The van der Waals surface area contributed by atoms with Gasteiger partial charge in [-0.3, -0.25) is 14.5 Å². The average Bonchev–Trinajstić information content (AvgIpc) is 3.26.